The van der Waals surface area contributed by atoms with Crippen LogP contribution in [-0.4, -0.2) is 16.0 Å². The molecule has 4 heteroatoms. The lowest BCUT2D eigenvalue weighted by Gasteiger charge is -1.94. The first-order valence-electron chi connectivity index (χ1n) is 4.81. The average Bonchev–Trinajstić information content (AvgIpc) is 2.75. The van der Waals surface area contributed by atoms with Gasteiger partial charge in [0, 0.05) is 0 Å². The van der Waals surface area contributed by atoms with E-state index in [0.29, 0.717) is 23.3 Å². The van der Waals surface area contributed by atoms with Crippen molar-refractivity contribution in [2.75, 3.05) is 5.75 Å². The van der Waals surface area contributed by atoms with Gasteiger partial charge in [0.1, 0.15) is 0 Å². The van der Waals surface area contributed by atoms with Crippen molar-refractivity contribution in [2.45, 2.75) is 11.6 Å². The van der Waals surface area contributed by atoms with Crippen molar-refractivity contribution in [3.63, 3.8) is 0 Å². The number of nitrogens with zero attached hydrogens (tertiary/aromatic N) is 2. The number of rotatable bonds is 4. The van der Waals surface area contributed by atoms with Crippen molar-refractivity contribution in [2.24, 2.45) is 0 Å². The fourth-order valence-electron chi connectivity index (χ4n) is 1.24. The largest absolute Gasteiger partial charge is 0.416 e. The molecule has 3 nitrogen and oxygen atoms in total. The molecule has 0 N–H and O–H groups in total. The molecule has 2 aromatic rings. The summed E-state index contributed by atoms with van der Waals surface area (Å²) < 4.78 is 5.43. The smallest absolute Gasteiger partial charge is 0.277 e. The number of hydrogen-bond donors (Lipinski definition) is 0. The lowest BCUT2D eigenvalue weighted by atomic mass is 10.2. The van der Waals surface area contributed by atoms with Crippen molar-refractivity contribution < 1.29 is 4.42 Å². The van der Waals surface area contributed by atoms with Gasteiger partial charge < -0.3 is 4.42 Å². The molecule has 0 saturated heterocycles. The minimum Gasteiger partial charge on any atom is -0.416 e. The second kappa shape index (κ2) is 5.38. The van der Waals surface area contributed by atoms with E-state index in [2.05, 4.69) is 16.1 Å². The van der Waals surface area contributed by atoms with Gasteiger partial charge in [-0.15, -0.1) is 16.6 Å². The van der Waals surface area contributed by atoms with E-state index in [1.807, 2.05) is 30.3 Å². The first-order chi connectivity index (χ1) is 7.88. The fourth-order valence-corrected chi connectivity index (χ4v) is 1.70. The van der Waals surface area contributed by atoms with Gasteiger partial charge in [0.05, 0.1) is 12.2 Å². The summed E-state index contributed by atoms with van der Waals surface area (Å²) in [5.74, 6) is 3.68. The summed E-state index contributed by atoms with van der Waals surface area (Å²) in [6.45, 7) is 0. The Morgan fingerprint density at radius 3 is 2.81 bits per heavy atom. The quantitative estimate of drug-likeness (QED) is 0.597. The summed E-state index contributed by atoms with van der Waals surface area (Å²) in [6, 6.07) is 10.0. The highest BCUT2D eigenvalue weighted by molar-refractivity contribution is 7.99. The van der Waals surface area contributed by atoms with Crippen LogP contribution < -0.4 is 0 Å². The lowest BCUT2D eigenvalue weighted by molar-refractivity contribution is 0.420. The zero-order valence-corrected chi connectivity index (χ0v) is 9.41. The van der Waals surface area contributed by atoms with E-state index in [9.17, 15) is 0 Å². The van der Waals surface area contributed by atoms with Crippen LogP contribution in [-0.2, 0) is 6.42 Å². The topological polar surface area (TPSA) is 38.9 Å². The van der Waals surface area contributed by atoms with E-state index in [1.54, 1.807) is 0 Å². The normalized spacial score (nSPS) is 9.94. The van der Waals surface area contributed by atoms with Crippen molar-refractivity contribution in [3.8, 4) is 12.3 Å². The van der Waals surface area contributed by atoms with Crippen molar-refractivity contribution in [1.29, 1.82) is 0 Å². The molecular formula is C12H10N2OS. The molecule has 0 amide bonds. The summed E-state index contributed by atoms with van der Waals surface area (Å²) in [5, 5.41) is 8.39. The summed E-state index contributed by atoms with van der Waals surface area (Å²) in [5.41, 5.74) is 1.15. The Morgan fingerprint density at radius 2 is 2.06 bits per heavy atom. The van der Waals surface area contributed by atoms with Crippen LogP contribution in [0.5, 0.6) is 0 Å². The molecule has 0 unspecified atom stereocenters. The first kappa shape index (κ1) is 10.8. The maximum atomic E-state index is 5.43. The van der Waals surface area contributed by atoms with Gasteiger partial charge in [0.25, 0.3) is 5.22 Å². The predicted molar refractivity (Wildman–Crippen MR) is 63.1 cm³/mol. The average molecular weight is 230 g/mol. The molecule has 0 atom stereocenters. The summed E-state index contributed by atoms with van der Waals surface area (Å²) in [7, 11) is 0. The highest BCUT2D eigenvalue weighted by atomic mass is 32.2. The molecule has 0 aliphatic heterocycles. The second-order valence-corrected chi connectivity index (χ2v) is 4.04. The number of aromatic nitrogens is 2. The van der Waals surface area contributed by atoms with Crippen molar-refractivity contribution >= 4 is 11.8 Å². The van der Waals surface area contributed by atoms with Gasteiger partial charge >= 0.3 is 0 Å². The lowest BCUT2D eigenvalue weighted by Crippen LogP contribution is -1.87. The summed E-state index contributed by atoms with van der Waals surface area (Å²) in [6.07, 6.45) is 5.80. The molecule has 0 spiro atoms. The van der Waals surface area contributed by atoms with E-state index >= 15 is 0 Å². The molecule has 80 valence electrons. The monoisotopic (exact) mass is 230 g/mol. The maximum absolute atomic E-state index is 5.43. The molecule has 0 aliphatic carbocycles. The van der Waals surface area contributed by atoms with Crippen molar-refractivity contribution in [3.05, 3.63) is 41.8 Å². The van der Waals surface area contributed by atoms with E-state index in [4.69, 9.17) is 10.8 Å². The number of thioether (sulfide) groups is 1. The van der Waals surface area contributed by atoms with Crippen LogP contribution in [0.15, 0.2) is 40.0 Å². The number of hydrogen-bond acceptors (Lipinski definition) is 4. The molecule has 2 rings (SSSR count). The Kier molecular flexibility index (Phi) is 3.62. The molecule has 1 heterocycles. The zero-order chi connectivity index (χ0) is 11.2. The van der Waals surface area contributed by atoms with Crippen LogP contribution in [0.25, 0.3) is 0 Å². The summed E-state index contributed by atoms with van der Waals surface area (Å²) in [4.78, 5) is 0. The Balaban J connectivity index is 2.01. The minimum absolute atomic E-state index is 0.531. The van der Waals surface area contributed by atoms with Crippen LogP contribution in [0.3, 0.4) is 0 Å². The van der Waals surface area contributed by atoms with Crippen molar-refractivity contribution in [1.82, 2.24) is 10.2 Å². The Bertz CT molecular complexity index is 487. The highest BCUT2D eigenvalue weighted by Crippen LogP contribution is 2.16. The van der Waals surface area contributed by atoms with Gasteiger partial charge in [0.2, 0.25) is 5.89 Å². The standard InChI is InChI=1S/C12H10N2OS/c1-2-8-16-12-14-13-11(15-12)9-10-6-4-3-5-7-10/h1,3-7H,8-9H2. The third-order valence-corrected chi connectivity index (χ3v) is 2.65. The molecule has 16 heavy (non-hydrogen) atoms. The maximum Gasteiger partial charge on any atom is 0.277 e. The van der Waals surface area contributed by atoms with Crippen LogP contribution >= 0.6 is 11.8 Å². The SMILES string of the molecule is C#CCSc1nnc(Cc2ccccc2)o1. The zero-order valence-electron chi connectivity index (χ0n) is 8.59. The van der Waals surface area contributed by atoms with Gasteiger partial charge in [-0.25, -0.2) is 0 Å². The van der Waals surface area contributed by atoms with Crippen LogP contribution in [0.2, 0.25) is 0 Å². The third-order valence-electron chi connectivity index (χ3n) is 1.93. The van der Waals surface area contributed by atoms with Crippen LogP contribution in [0, 0.1) is 12.3 Å². The highest BCUT2D eigenvalue weighted by Gasteiger charge is 2.06. The van der Waals surface area contributed by atoms with Gasteiger partial charge in [-0.05, 0) is 5.56 Å². The molecular weight excluding hydrogens is 220 g/mol. The van der Waals surface area contributed by atoms with E-state index < -0.39 is 0 Å². The predicted octanol–water partition coefficient (Wildman–Crippen LogP) is 2.39. The third kappa shape index (κ3) is 2.88. The van der Waals surface area contributed by atoms with Gasteiger partial charge in [-0.3, -0.25) is 0 Å². The Hall–Kier alpha value is -1.73. The minimum atomic E-state index is 0.531. The van der Waals surface area contributed by atoms with Crippen LogP contribution in [0.1, 0.15) is 11.5 Å². The van der Waals surface area contributed by atoms with Gasteiger partial charge in [-0.1, -0.05) is 48.0 Å². The molecule has 0 bridgehead atoms. The Labute approximate surface area is 98.3 Å². The number of terminal acetylenes is 1. The molecule has 0 radical (unpaired) electrons. The molecule has 0 aliphatic rings. The van der Waals surface area contributed by atoms with Gasteiger partial charge in [0.15, 0.2) is 0 Å². The van der Waals surface area contributed by atoms with Gasteiger partial charge in [-0.2, -0.15) is 0 Å². The summed E-state index contributed by atoms with van der Waals surface area (Å²) >= 11 is 1.38. The van der Waals surface area contributed by atoms with E-state index in [-0.39, 0.29) is 0 Å². The Morgan fingerprint density at radius 1 is 1.25 bits per heavy atom. The molecule has 0 saturated carbocycles. The molecule has 0 fully saturated rings. The first-order valence-corrected chi connectivity index (χ1v) is 5.79. The van der Waals surface area contributed by atoms with Crippen LogP contribution in [0.4, 0.5) is 0 Å². The number of benzene rings is 1. The fraction of sp³-hybridized carbons (Fsp3) is 0.167. The second-order valence-electron chi connectivity index (χ2n) is 3.12. The van der Waals surface area contributed by atoms with E-state index in [1.165, 1.54) is 11.8 Å². The van der Waals surface area contributed by atoms with E-state index in [0.717, 1.165) is 5.56 Å². The molecule has 1 aromatic carbocycles. The molecule has 1 aromatic heterocycles.